The average Bonchev–Trinajstić information content (AvgIpc) is 2.09. The van der Waals surface area contributed by atoms with E-state index in [4.69, 9.17) is 10.2 Å². The molecular formula is C10H16O4. The van der Waals surface area contributed by atoms with Crippen molar-refractivity contribution in [3.8, 4) is 0 Å². The summed E-state index contributed by atoms with van der Waals surface area (Å²) in [5.41, 5.74) is -0.526. The van der Waals surface area contributed by atoms with E-state index in [-0.39, 0.29) is 0 Å². The molecule has 0 bridgehead atoms. The van der Waals surface area contributed by atoms with E-state index in [1.54, 1.807) is 0 Å². The number of hydrogen-bond donors (Lipinski definition) is 2. The summed E-state index contributed by atoms with van der Waals surface area (Å²) in [6.45, 7) is 2.08. The maximum atomic E-state index is 10.4. The summed E-state index contributed by atoms with van der Waals surface area (Å²) in [6, 6.07) is 0. The zero-order chi connectivity index (χ0) is 11.0. The van der Waals surface area contributed by atoms with Crippen molar-refractivity contribution < 1.29 is 19.8 Å². The summed E-state index contributed by atoms with van der Waals surface area (Å²) in [5.74, 6) is -2.74. The number of carboxylic acid groups (broad SMARTS) is 2. The Morgan fingerprint density at radius 3 is 2.07 bits per heavy atom. The van der Waals surface area contributed by atoms with E-state index in [0.717, 1.165) is 25.7 Å². The Hall–Kier alpha value is -1.32. The molecule has 0 radical (unpaired) electrons. The van der Waals surface area contributed by atoms with Crippen LogP contribution in [0.2, 0.25) is 0 Å². The second-order valence-corrected chi connectivity index (χ2v) is 3.08. The molecule has 0 saturated carbocycles. The van der Waals surface area contributed by atoms with E-state index in [0.29, 0.717) is 6.42 Å². The highest BCUT2D eigenvalue weighted by Crippen LogP contribution is 2.05. The highest BCUT2D eigenvalue weighted by molar-refractivity contribution is 6.12. The molecule has 0 heterocycles. The maximum Gasteiger partial charge on any atom is 0.342 e. The van der Waals surface area contributed by atoms with Crippen LogP contribution in [0.25, 0.3) is 0 Å². The number of aliphatic carboxylic acids is 2. The Labute approximate surface area is 83.2 Å². The second-order valence-electron chi connectivity index (χ2n) is 3.08. The lowest BCUT2D eigenvalue weighted by Crippen LogP contribution is -2.10. The molecule has 0 aromatic carbocycles. The van der Waals surface area contributed by atoms with Crippen LogP contribution >= 0.6 is 0 Å². The van der Waals surface area contributed by atoms with Crippen molar-refractivity contribution in [3.05, 3.63) is 11.6 Å². The molecule has 80 valence electrons. The molecule has 0 fully saturated rings. The van der Waals surface area contributed by atoms with Crippen molar-refractivity contribution in [2.45, 2.75) is 39.0 Å². The van der Waals surface area contributed by atoms with Gasteiger partial charge in [0.15, 0.2) is 0 Å². The van der Waals surface area contributed by atoms with Crippen LogP contribution in [0.5, 0.6) is 0 Å². The Morgan fingerprint density at radius 1 is 1.07 bits per heavy atom. The monoisotopic (exact) mass is 200 g/mol. The molecule has 0 aliphatic heterocycles. The fourth-order valence-corrected chi connectivity index (χ4v) is 1.08. The highest BCUT2D eigenvalue weighted by Gasteiger charge is 2.14. The van der Waals surface area contributed by atoms with Crippen molar-refractivity contribution in [1.29, 1.82) is 0 Å². The molecule has 14 heavy (non-hydrogen) atoms. The van der Waals surface area contributed by atoms with Gasteiger partial charge < -0.3 is 10.2 Å². The first-order chi connectivity index (χ1) is 6.59. The first-order valence-corrected chi connectivity index (χ1v) is 4.76. The summed E-state index contributed by atoms with van der Waals surface area (Å²) >= 11 is 0. The number of hydrogen-bond acceptors (Lipinski definition) is 2. The van der Waals surface area contributed by atoms with E-state index >= 15 is 0 Å². The van der Waals surface area contributed by atoms with E-state index in [1.165, 1.54) is 6.08 Å². The third-order valence-corrected chi connectivity index (χ3v) is 1.87. The molecule has 4 heteroatoms. The molecule has 0 rings (SSSR count). The van der Waals surface area contributed by atoms with Crippen LogP contribution in [-0.2, 0) is 9.59 Å². The summed E-state index contributed by atoms with van der Waals surface area (Å²) in [6.07, 6.45) is 5.86. The van der Waals surface area contributed by atoms with Crippen LogP contribution in [0.1, 0.15) is 39.0 Å². The Balaban J connectivity index is 3.93. The van der Waals surface area contributed by atoms with Gasteiger partial charge in [0, 0.05) is 0 Å². The van der Waals surface area contributed by atoms with E-state index in [9.17, 15) is 9.59 Å². The van der Waals surface area contributed by atoms with Crippen molar-refractivity contribution >= 4 is 11.9 Å². The van der Waals surface area contributed by atoms with Crippen molar-refractivity contribution in [2.24, 2.45) is 0 Å². The van der Waals surface area contributed by atoms with Gasteiger partial charge in [-0.3, -0.25) is 0 Å². The van der Waals surface area contributed by atoms with Crippen LogP contribution in [-0.4, -0.2) is 22.2 Å². The Morgan fingerprint density at radius 2 is 1.64 bits per heavy atom. The maximum absolute atomic E-state index is 10.4. The largest absolute Gasteiger partial charge is 0.477 e. The standard InChI is InChI=1S/C10H16O4/c1-2-3-4-5-6-7-8(9(11)12)10(13)14/h7H,2-6H2,1H3,(H,11,12)(H,13,14). The van der Waals surface area contributed by atoms with Crippen LogP contribution in [0.3, 0.4) is 0 Å². The van der Waals surface area contributed by atoms with Gasteiger partial charge in [-0.25, -0.2) is 9.59 Å². The van der Waals surface area contributed by atoms with Crippen LogP contribution < -0.4 is 0 Å². The third-order valence-electron chi connectivity index (χ3n) is 1.87. The number of rotatable bonds is 7. The van der Waals surface area contributed by atoms with Crippen LogP contribution in [0.15, 0.2) is 11.6 Å². The average molecular weight is 200 g/mol. The van der Waals surface area contributed by atoms with Crippen molar-refractivity contribution in [1.82, 2.24) is 0 Å². The molecule has 0 aromatic rings. The minimum absolute atomic E-state index is 0.522. The fourth-order valence-electron chi connectivity index (χ4n) is 1.08. The third kappa shape index (κ3) is 5.35. The van der Waals surface area contributed by atoms with Crippen LogP contribution in [0, 0.1) is 0 Å². The van der Waals surface area contributed by atoms with Gasteiger partial charge in [0.05, 0.1) is 0 Å². The molecule has 0 atom stereocenters. The van der Waals surface area contributed by atoms with Crippen LogP contribution in [0.4, 0.5) is 0 Å². The summed E-state index contributed by atoms with van der Waals surface area (Å²) in [4.78, 5) is 20.8. The van der Waals surface area contributed by atoms with Crippen molar-refractivity contribution in [2.75, 3.05) is 0 Å². The van der Waals surface area contributed by atoms with Gasteiger partial charge >= 0.3 is 11.9 Å². The number of allylic oxidation sites excluding steroid dienone is 1. The highest BCUT2D eigenvalue weighted by atomic mass is 16.4. The molecule has 0 unspecified atom stereocenters. The molecule has 0 saturated heterocycles. The zero-order valence-corrected chi connectivity index (χ0v) is 8.32. The first-order valence-electron chi connectivity index (χ1n) is 4.76. The zero-order valence-electron chi connectivity index (χ0n) is 8.32. The minimum Gasteiger partial charge on any atom is -0.477 e. The smallest absolute Gasteiger partial charge is 0.342 e. The lowest BCUT2D eigenvalue weighted by atomic mass is 10.1. The molecular weight excluding hydrogens is 184 g/mol. The molecule has 0 amide bonds. The summed E-state index contributed by atoms with van der Waals surface area (Å²) < 4.78 is 0. The van der Waals surface area contributed by atoms with E-state index < -0.39 is 17.5 Å². The first kappa shape index (κ1) is 12.7. The van der Waals surface area contributed by atoms with Gasteiger partial charge in [-0.15, -0.1) is 0 Å². The molecule has 4 nitrogen and oxygen atoms in total. The van der Waals surface area contributed by atoms with Gasteiger partial charge in [-0.05, 0) is 12.8 Å². The fraction of sp³-hybridized carbons (Fsp3) is 0.600. The quantitative estimate of drug-likeness (QED) is 0.285. The lowest BCUT2D eigenvalue weighted by molar-refractivity contribution is -0.140. The molecule has 0 aliphatic carbocycles. The van der Waals surface area contributed by atoms with Gasteiger partial charge in [0.2, 0.25) is 0 Å². The molecule has 0 aromatic heterocycles. The second kappa shape index (κ2) is 7.12. The number of unbranched alkanes of at least 4 members (excludes halogenated alkanes) is 4. The van der Waals surface area contributed by atoms with E-state index in [2.05, 4.69) is 6.92 Å². The normalized spacial score (nSPS) is 9.50. The Bertz CT molecular complexity index is 214. The van der Waals surface area contributed by atoms with Gasteiger partial charge in [0.25, 0.3) is 0 Å². The Kier molecular flexibility index (Phi) is 6.45. The number of carboxylic acids is 2. The minimum atomic E-state index is -1.37. The topological polar surface area (TPSA) is 74.6 Å². The predicted molar refractivity (Wildman–Crippen MR) is 52.1 cm³/mol. The molecule has 0 spiro atoms. The lowest BCUT2D eigenvalue weighted by Gasteiger charge is -1.96. The SMILES string of the molecule is CCCCCCC=C(C(=O)O)C(=O)O. The summed E-state index contributed by atoms with van der Waals surface area (Å²) in [5, 5.41) is 17.0. The summed E-state index contributed by atoms with van der Waals surface area (Å²) in [7, 11) is 0. The van der Waals surface area contributed by atoms with Gasteiger partial charge in [-0.1, -0.05) is 32.3 Å². The van der Waals surface area contributed by atoms with Gasteiger partial charge in [-0.2, -0.15) is 0 Å². The predicted octanol–water partition coefficient (Wildman–Crippen LogP) is 2.05. The molecule has 0 aliphatic rings. The molecule has 2 N–H and O–H groups in total. The van der Waals surface area contributed by atoms with E-state index in [1.807, 2.05) is 0 Å². The van der Waals surface area contributed by atoms with Crippen molar-refractivity contribution in [3.63, 3.8) is 0 Å². The van der Waals surface area contributed by atoms with Gasteiger partial charge in [0.1, 0.15) is 5.57 Å². The number of carbonyl (C=O) groups is 2.